The van der Waals surface area contributed by atoms with Gasteiger partial charge in [0.25, 0.3) is 5.91 Å². The van der Waals surface area contributed by atoms with E-state index in [0.717, 1.165) is 18.2 Å². The maximum absolute atomic E-state index is 12.1. The number of halogens is 1. The molecule has 1 aliphatic rings. The third kappa shape index (κ3) is 4.20. The highest BCUT2D eigenvalue weighted by Crippen LogP contribution is 2.27. The minimum Gasteiger partial charge on any atom is -0.352 e. The molecule has 1 aromatic heterocycles. The van der Waals surface area contributed by atoms with Crippen LogP contribution in [0.3, 0.4) is 0 Å². The first kappa shape index (κ1) is 14.3. The highest BCUT2D eigenvalue weighted by molar-refractivity contribution is 6.29. The highest BCUT2D eigenvalue weighted by atomic mass is 35.5. The number of carbonyl (C=O) groups excluding carboxylic acids is 1. The largest absolute Gasteiger partial charge is 0.352 e. The quantitative estimate of drug-likeness (QED) is 0.860. The standard InChI is InChI=1S/C15H21ClN2O/c1-10-4-3-5-12(6-10)9-17-15(19)13-7-11(2)18-14(16)8-13/h7-8,10,12H,3-6,9H2,1-2H3,(H,17,19). The molecule has 0 aliphatic heterocycles. The molecule has 0 bridgehead atoms. The summed E-state index contributed by atoms with van der Waals surface area (Å²) in [7, 11) is 0. The Morgan fingerprint density at radius 2 is 2.26 bits per heavy atom. The van der Waals surface area contributed by atoms with E-state index in [1.165, 1.54) is 25.7 Å². The molecule has 19 heavy (non-hydrogen) atoms. The number of amides is 1. The Labute approximate surface area is 119 Å². The summed E-state index contributed by atoms with van der Waals surface area (Å²) in [6.45, 7) is 4.90. The van der Waals surface area contributed by atoms with Gasteiger partial charge >= 0.3 is 0 Å². The lowest BCUT2D eigenvalue weighted by Gasteiger charge is -2.26. The van der Waals surface area contributed by atoms with Crippen LogP contribution in [0.4, 0.5) is 0 Å². The minimum atomic E-state index is -0.0503. The van der Waals surface area contributed by atoms with Crippen LogP contribution in [0.25, 0.3) is 0 Å². The number of hydrogen-bond donors (Lipinski definition) is 1. The maximum Gasteiger partial charge on any atom is 0.251 e. The van der Waals surface area contributed by atoms with Gasteiger partial charge < -0.3 is 5.32 Å². The first-order valence-electron chi connectivity index (χ1n) is 6.97. The van der Waals surface area contributed by atoms with E-state index in [1.807, 2.05) is 6.92 Å². The second kappa shape index (κ2) is 6.38. The molecule has 1 N–H and O–H groups in total. The van der Waals surface area contributed by atoms with Crippen molar-refractivity contribution in [2.45, 2.75) is 39.5 Å². The second-order valence-electron chi connectivity index (χ2n) is 5.67. The fraction of sp³-hybridized carbons (Fsp3) is 0.600. The highest BCUT2D eigenvalue weighted by Gasteiger charge is 2.19. The fourth-order valence-corrected chi connectivity index (χ4v) is 3.09. The summed E-state index contributed by atoms with van der Waals surface area (Å²) in [6, 6.07) is 3.39. The molecule has 0 spiro atoms. The van der Waals surface area contributed by atoms with Crippen LogP contribution in [0, 0.1) is 18.8 Å². The van der Waals surface area contributed by atoms with Gasteiger partial charge in [-0.1, -0.05) is 31.4 Å². The topological polar surface area (TPSA) is 42.0 Å². The molecule has 1 heterocycles. The van der Waals surface area contributed by atoms with Crippen molar-refractivity contribution in [3.05, 3.63) is 28.5 Å². The first-order valence-corrected chi connectivity index (χ1v) is 7.35. The molecule has 0 radical (unpaired) electrons. The number of pyridine rings is 1. The zero-order chi connectivity index (χ0) is 13.8. The summed E-state index contributed by atoms with van der Waals surface area (Å²) in [5, 5.41) is 3.39. The molecular weight excluding hydrogens is 260 g/mol. The molecule has 1 aliphatic carbocycles. The van der Waals surface area contributed by atoms with Gasteiger partial charge in [0.05, 0.1) is 0 Å². The maximum atomic E-state index is 12.1. The number of aromatic nitrogens is 1. The molecule has 2 atom stereocenters. The lowest BCUT2D eigenvalue weighted by atomic mass is 9.82. The summed E-state index contributed by atoms with van der Waals surface area (Å²) in [5.41, 5.74) is 1.37. The number of carbonyl (C=O) groups is 1. The van der Waals surface area contributed by atoms with Gasteiger partial charge in [-0.25, -0.2) is 4.98 Å². The van der Waals surface area contributed by atoms with Crippen LogP contribution in [-0.2, 0) is 0 Å². The van der Waals surface area contributed by atoms with Crippen molar-refractivity contribution in [2.75, 3.05) is 6.54 Å². The Morgan fingerprint density at radius 1 is 1.47 bits per heavy atom. The molecule has 3 nitrogen and oxygen atoms in total. The molecule has 104 valence electrons. The van der Waals surface area contributed by atoms with Crippen molar-refractivity contribution in [3.8, 4) is 0 Å². The van der Waals surface area contributed by atoms with E-state index >= 15 is 0 Å². The van der Waals surface area contributed by atoms with Gasteiger partial charge in [-0.15, -0.1) is 0 Å². The van der Waals surface area contributed by atoms with E-state index < -0.39 is 0 Å². The second-order valence-corrected chi connectivity index (χ2v) is 6.06. The molecule has 1 fully saturated rings. The Balaban J connectivity index is 1.90. The van der Waals surface area contributed by atoms with Crippen molar-refractivity contribution >= 4 is 17.5 Å². The fourth-order valence-electron chi connectivity index (χ4n) is 2.84. The zero-order valence-corrected chi connectivity index (χ0v) is 12.3. The van der Waals surface area contributed by atoms with Gasteiger partial charge in [0.2, 0.25) is 0 Å². The Kier molecular flexibility index (Phi) is 4.81. The van der Waals surface area contributed by atoms with Crippen molar-refractivity contribution in [1.29, 1.82) is 0 Å². The Hall–Kier alpha value is -1.09. The number of nitrogens with zero attached hydrogens (tertiary/aromatic N) is 1. The molecule has 2 unspecified atom stereocenters. The molecule has 2 rings (SSSR count). The lowest BCUT2D eigenvalue weighted by molar-refractivity contribution is 0.0940. The van der Waals surface area contributed by atoms with Crippen molar-refractivity contribution in [2.24, 2.45) is 11.8 Å². The number of nitrogens with one attached hydrogen (secondary N) is 1. The average Bonchev–Trinajstić information content (AvgIpc) is 2.35. The summed E-state index contributed by atoms with van der Waals surface area (Å²) in [6.07, 6.45) is 5.04. The van der Waals surface area contributed by atoms with Crippen LogP contribution in [0.1, 0.15) is 48.7 Å². The summed E-state index contributed by atoms with van der Waals surface area (Å²) >= 11 is 5.87. The van der Waals surface area contributed by atoms with Gasteiger partial charge in [-0.2, -0.15) is 0 Å². The summed E-state index contributed by atoms with van der Waals surface area (Å²) in [5.74, 6) is 1.35. The van der Waals surface area contributed by atoms with Crippen LogP contribution in [0.5, 0.6) is 0 Å². The summed E-state index contributed by atoms with van der Waals surface area (Å²) in [4.78, 5) is 16.1. The predicted octanol–water partition coefficient (Wildman–Crippen LogP) is 3.60. The molecule has 0 aromatic carbocycles. The Morgan fingerprint density at radius 3 is 2.95 bits per heavy atom. The van der Waals surface area contributed by atoms with Crippen molar-refractivity contribution < 1.29 is 4.79 Å². The van der Waals surface area contributed by atoms with Crippen LogP contribution in [-0.4, -0.2) is 17.4 Å². The smallest absolute Gasteiger partial charge is 0.251 e. The molecule has 4 heteroatoms. The van der Waals surface area contributed by atoms with Gasteiger partial charge in [-0.05, 0) is 43.7 Å². The van der Waals surface area contributed by atoms with Crippen LogP contribution in [0.2, 0.25) is 5.15 Å². The zero-order valence-electron chi connectivity index (χ0n) is 11.6. The molecule has 1 saturated carbocycles. The molecule has 1 aromatic rings. The first-order chi connectivity index (χ1) is 9.04. The van der Waals surface area contributed by atoms with E-state index in [9.17, 15) is 4.79 Å². The van der Waals surface area contributed by atoms with E-state index in [4.69, 9.17) is 11.6 Å². The number of rotatable bonds is 3. The van der Waals surface area contributed by atoms with Crippen LogP contribution < -0.4 is 5.32 Å². The lowest BCUT2D eigenvalue weighted by Crippen LogP contribution is -2.31. The minimum absolute atomic E-state index is 0.0503. The SMILES string of the molecule is Cc1cc(C(=O)NCC2CCCC(C)C2)cc(Cl)n1. The number of hydrogen-bond acceptors (Lipinski definition) is 2. The number of aryl methyl sites for hydroxylation is 1. The van der Waals surface area contributed by atoms with Crippen molar-refractivity contribution in [1.82, 2.24) is 10.3 Å². The third-order valence-corrected chi connectivity index (χ3v) is 3.97. The van der Waals surface area contributed by atoms with Crippen LogP contribution >= 0.6 is 11.6 Å². The van der Waals surface area contributed by atoms with E-state index in [0.29, 0.717) is 16.6 Å². The van der Waals surface area contributed by atoms with Gasteiger partial charge in [0.15, 0.2) is 0 Å². The Bertz CT molecular complexity index is 441. The molecule has 1 amide bonds. The van der Waals surface area contributed by atoms with E-state index in [-0.39, 0.29) is 5.91 Å². The molecular formula is C15H21ClN2O. The van der Waals surface area contributed by atoms with Gasteiger partial charge in [0.1, 0.15) is 5.15 Å². The summed E-state index contributed by atoms with van der Waals surface area (Å²) < 4.78 is 0. The normalized spacial score (nSPS) is 23.1. The van der Waals surface area contributed by atoms with Gasteiger partial charge in [-0.3, -0.25) is 4.79 Å². The van der Waals surface area contributed by atoms with Crippen LogP contribution in [0.15, 0.2) is 12.1 Å². The molecule has 0 saturated heterocycles. The average molecular weight is 281 g/mol. The van der Waals surface area contributed by atoms with Gasteiger partial charge in [0, 0.05) is 17.8 Å². The predicted molar refractivity (Wildman–Crippen MR) is 77.4 cm³/mol. The van der Waals surface area contributed by atoms with Crippen molar-refractivity contribution in [3.63, 3.8) is 0 Å². The van der Waals surface area contributed by atoms with E-state index in [2.05, 4.69) is 17.2 Å². The monoisotopic (exact) mass is 280 g/mol. The third-order valence-electron chi connectivity index (χ3n) is 3.78. The van der Waals surface area contributed by atoms with E-state index in [1.54, 1.807) is 12.1 Å².